The highest BCUT2D eigenvalue weighted by atomic mass is 16.4. The maximum Gasteiger partial charge on any atom is 0.307 e. The number of rotatable bonds is 4. The van der Waals surface area contributed by atoms with Crippen molar-refractivity contribution in [3.8, 4) is 0 Å². The van der Waals surface area contributed by atoms with Gasteiger partial charge in [0.1, 0.15) is 0 Å². The zero-order chi connectivity index (χ0) is 11.6. The molecule has 84 valence electrons. The molecule has 0 aliphatic carbocycles. The first-order valence-corrected chi connectivity index (χ1v) is 5.29. The summed E-state index contributed by atoms with van der Waals surface area (Å²) in [4.78, 5) is 10.7. The van der Waals surface area contributed by atoms with Crippen molar-refractivity contribution < 1.29 is 9.90 Å². The first-order valence-electron chi connectivity index (χ1n) is 5.29. The smallest absolute Gasteiger partial charge is 0.307 e. The lowest BCUT2D eigenvalue weighted by molar-refractivity contribution is -0.136. The van der Waals surface area contributed by atoms with E-state index in [2.05, 4.69) is 18.4 Å². The van der Waals surface area contributed by atoms with Crippen molar-refractivity contribution in [2.24, 2.45) is 5.92 Å². The number of nitrogens with zero attached hydrogens (tertiary/aromatic N) is 1. The predicted molar refractivity (Wildman–Crippen MR) is 60.1 cm³/mol. The van der Waals surface area contributed by atoms with Crippen molar-refractivity contribution in [1.82, 2.24) is 4.57 Å². The summed E-state index contributed by atoms with van der Waals surface area (Å²) < 4.78 is 2.20. The van der Waals surface area contributed by atoms with Gasteiger partial charge < -0.3 is 9.67 Å². The monoisotopic (exact) mass is 209 g/mol. The third-order valence-electron chi connectivity index (χ3n) is 2.57. The van der Waals surface area contributed by atoms with Crippen LogP contribution in [0.1, 0.15) is 30.8 Å². The van der Waals surface area contributed by atoms with Gasteiger partial charge in [0, 0.05) is 17.9 Å². The van der Waals surface area contributed by atoms with Crippen LogP contribution in [0.2, 0.25) is 0 Å². The van der Waals surface area contributed by atoms with E-state index in [0.717, 1.165) is 23.5 Å². The molecule has 0 radical (unpaired) electrons. The molecule has 1 N–H and O–H groups in total. The minimum Gasteiger partial charge on any atom is -0.481 e. The first-order chi connectivity index (χ1) is 6.91. The van der Waals surface area contributed by atoms with Crippen LogP contribution < -0.4 is 0 Å². The van der Waals surface area contributed by atoms with E-state index in [4.69, 9.17) is 5.11 Å². The molecule has 0 amide bonds. The van der Waals surface area contributed by atoms with Crippen molar-refractivity contribution in [3.63, 3.8) is 0 Å². The Hall–Kier alpha value is -1.25. The summed E-state index contributed by atoms with van der Waals surface area (Å²) in [5.41, 5.74) is 3.17. The number of hydrogen-bond donors (Lipinski definition) is 1. The molecule has 3 heteroatoms. The topological polar surface area (TPSA) is 42.2 Å². The maximum absolute atomic E-state index is 10.7. The number of carbonyl (C=O) groups is 1. The normalized spacial score (nSPS) is 11.0. The van der Waals surface area contributed by atoms with Gasteiger partial charge in [0.25, 0.3) is 0 Å². The molecule has 0 spiro atoms. The number of carboxylic acid groups (broad SMARTS) is 1. The predicted octanol–water partition coefficient (Wildman–Crippen LogP) is 2.39. The SMILES string of the molecule is Cc1cc(CC(=O)O)c(C)n1CC(C)C. The second kappa shape index (κ2) is 4.51. The van der Waals surface area contributed by atoms with Crippen LogP contribution in [0.5, 0.6) is 0 Å². The van der Waals surface area contributed by atoms with Gasteiger partial charge in [-0.2, -0.15) is 0 Å². The molecule has 0 fully saturated rings. The van der Waals surface area contributed by atoms with Crippen molar-refractivity contribution >= 4 is 5.97 Å². The highest BCUT2D eigenvalue weighted by molar-refractivity contribution is 5.70. The fraction of sp³-hybridized carbons (Fsp3) is 0.583. The number of aromatic nitrogens is 1. The van der Waals surface area contributed by atoms with Gasteiger partial charge in [-0.05, 0) is 31.4 Å². The fourth-order valence-electron chi connectivity index (χ4n) is 1.86. The second-order valence-electron chi connectivity index (χ2n) is 4.47. The molecule has 0 saturated heterocycles. The Kier molecular flexibility index (Phi) is 3.56. The molecule has 0 aliphatic heterocycles. The summed E-state index contributed by atoms with van der Waals surface area (Å²) in [5.74, 6) is -0.188. The van der Waals surface area contributed by atoms with Gasteiger partial charge in [-0.3, -0.25) is 4.79 Å². The molecule has 0 atom stereocenters. The minimum atomic E-state index is -0.764. The van der Waals surface area contributed by atoms with Crippen LogP contribution in [-0.4, -0.2) is 15.6 Å². The zero-order valence-corrected chi connectivity index (χ0v) is 9.87. The molecule has 1 heterocycles. The number of aliphatic carboxylic acids is 1. The van der Waals surface area contributed by atoms with Crippen molar-refractivity contribution in [2.45, 2.75) is 40.7 Å². The summed E-state index contributed by atoms with van der Waals surface area (Å²) in [6, 6.07) is 1.98. The quantitative estimate of drug-likeness (QED) is 0.827. The molecule has 3 nitrogen and oxygen atoms in total. The summed E-state index contributed by atoms with van der Waals surface area (Å²) in [7, 11) is 0. The van der Waals surface area contributed by atoms with E-state index in [1.54, 1.807) is 0 Å². The maximum atomic E-state index is 10.7. The summed E-state index contributed by atoms with van der Waals surface area (Å²) >= 11 is 0. The number of hydrogen-bond acceptors (Lipinski definition) is 1. The van der Waals surface area contributed by atoms with Crippen molar-refractivity contribution in [3.05, 3.63) is 23.0 Å². The highest BCUT2D eigenvalue weighted by Gasteiger charge is 2.12. The van der Waals surface area contributed by atoms with Gasteiger partial charge in [-0.15, -0.1) is 0 Å². The van der Waals surface area contributed by atoms with Crippen LogP contribution in [0.4, 0.5) is 0 Å². The van der Waals surface area contributed by atoms with E-state index in [1.165, 1.54) is 0 Å². The summed E-state index contributed by atoms with van der Waals surface area (Å²) in [6.45, 7) is 9.30. The Morgan fingerprint density at radius 1 is 1.47 bits per heavy atom. The Morgan fingerprint density at radius 2 is 2.07 bits per heavy atom. The molecule has 1 aromatic rings. The van der Waals surface area contributed by atoms with Gasteiger partial charge in [-0.1, -0.05) is 13.8 Å². The first kappa shape index (κ1) is 11.8. The summed E-state index contributed by atoms with van der Waals surface area (Å²) in [6.07, 6.45) is 0.123. The molecule has 1 aromatic heterocycles. The molecular formula is C12H19NO2. The molecule has 0 aromatic carbocycles. The van der Waals surface area contributed by atoms with Crippen LogP contribution in [0, 0.1) is 19.8 Å². The standard InChI is InChI=1S/C12H19NO2/c1-8(2)7-13-9(3)5-11(10(13)4)6-12(14)15/h5,8H,6-7H2,1-4H3,(H,14,15). The largest absolute Gasteiger partial charge is 0.481 e. The fourth-order valence-corrected chi connectivity index (χ4v) is 1.86. The number of carboxylic acids is 1. The van der Waals surface area contributed by atoms with E-state index in [9.17, 15) is 4.79 Å². The van der Waals surface area contributed by atoms with E-state index in [0.29, 0.717) is 5.92 Å². The Balaban J connectivity index is 2.98. The Labute approximate surface area is 90.7 Å². The molecule has 15 heavy (non-hydrogen) atoms. The van der Waals surface area contributed by atoms with E-state index >= 15 is 0 Å². The second-order valence-corrected chi connectivity index (χ2v) is 4.47. The lowest BCUT2D eigenvalue weighted by Gasteiger charge is -2.12. The van der Waals surface area contributed by atoms with Gasteiger partial charge in [0.05, 0.1) is 6.42 Å². The van der Waals surface area contributed by atoms with Crippen LogP contribution in [-0.2, 0) is 17.8 Å². The van der Waals surface area contributed by atoms with E-state index in [1.807, 2.05) is 19.9 Å². The lowest BCUT2D eigenvalue weighted by Crippen LogP contribution is -2.08. The van der Waals surface area contributed by atoms with Crippen molar-refractivity contribution in [1.29, 1.82) is 0 Å². The number of aryl methyl sites for hydroxylation is 1. The highest BCUT2D eigenvalue weighted by Crippen LogP contribution is 2.17. The third kappa shape index (κ3) is 2.85. The van der Waals surface area contributed by atoms with Crippen LogP contribution in [0.3, 0.4) is 0 Å². The molecular weight excluding hydrogens is 190 g/mol. The van der Waals surface area contributed by atoms with Crippen LogP contribution in [0.25, 0.3) is 0 Å². The van der Waals surface area contributed by atoms with Crippen molar-refractivity contribution in [2.75, 3.05) is 0 Å². The summed E-state index contributed by atoms with van der Waals surface area (Å²) in [5, 5.41) is 8.76. The molecule has 1 rings (SSSR count). The van der Waals surface area contributed by atoms with E-state index < -0.39 is 5.97 Å². The van der Waals surface area contributed by atoms with Gasteiger partial charge in [0.15, 0.2) is 0 Å². The average molecular weight is 209 g/mol. The van der Waals surface area contributed by atoms with Gasteiger partial charge in [-0.25, -0.2) is 0 Å². The molecule has 0 saturated carbocycles. The van der Waals surface area contributed by atoms with Crippen LogP contribution in [0.15, 0.2) is 6.07 Å². The van der Waals surface area contributed by atoms with Crippen LogP contribution >= 0.6 is 0 Å². The molecule has 0 bridgehead atoms. The van der Waals surface area contributed by atoms with Gasteiger partial charge in [0.2, 0.25) is 0 Å². The van der Waals surface area contributed by atoms with Gasteiger partial charge >= 0.3 is 5.97 Å². The molecule has 0 aliphatic rings. The Bertz CT molecular complexity index is 364. The third-order valence-corrected chi connectivity index (χ3v) is 2.57. The molecule has 0 unspecified atom stereocenters. The van der Waals surface area contributed by atoms with E-state index in [-0.39, 0.29) is 6.42 Å². The average Bonchev–Trinajstić information content (AvgIpc) is 2.31. The lowest BCUT2D eigenvalue weighted by atomic mass is 10.2. The Morgan fingerprint density at radius 3 is 2.53 bits per heavy atom. The zero-order valence-electron chi connectivity index (χ0n) is 9.87. The minimum absolute atomic E-state index is 0.123.